The Labute approximate surface area is 137 Å². The number of fused-ring (bicyclic) bond motifs is 1. The second kappa shape index (κ2) is 7.04. The number of amidine groups is 1. The van der Waals surface area contributed by atoms with Crippen LogP contribution >= 0.6 is 0 Å². The molecule has 23 heavy (non-hydrogen) atoms. The Hall–Kier alpha value is -2.02. The Balaban J connectivity index is 1.58. The van der Waals surface area contributed by atoms with Crippen LogP contribution in [0.1, 0.15) is 35.7 Å². The summed E-state index contributed by atoms with van der Waals surface area (Å²) in [5, 5.41) is 2.72. The Kier molecular flexibility index (Phi) is 4.86. The molecule has 0 bridgehead atoms. The summed E-state index contributed by atoms with van der Waals surface area (Å²) in [5.74, 6) is 1.48. The zero-order valence-electron chi connectivity index (χ0n) is 13.7. The maximum absolute atomic E-state index is 12.1. The van der Waals surface area contributed by atoms with E-state index in [0.29, 0.717) is 17.9 Å². The summed E-state index contributed by atoms with van der Waals surface area (Å²) in [4.78, 5) is 18.7. The fraction of sp³-hybridized carbons (Fsp3) is 0.500. The molecule has 0 saturated carbocycles. The zero-order valence-corrected chi connectivity index (χ0v) is 13.7. The number of carbonyl (C=O) groups excluding carboxylic acids is 1. The van der Waals surface area contributed by atoms with Gasteiger partial charge in [-0.25, -0.2) is 0 Å². The van der Waals surface area contributed by atoms with Crippen LogP contribution in [-0.4, -0.2) is 50.6 Å². The predicted molar refractivity (Wildman–Crippen MR) is 89.8 cm³/mol. The van der Waals surface area contributed by atoms with Crippen molar-refractivity contribution in [2.45, 2.75) is 26.2 Å². The van der Waals surface area contributed by atoms with E-state index in [1.807, 2.05) is 25.2 Å². The summed E-state index contributed by atoms with van der Waals surface area (Å²) < 4.78 is 11.4. The Morgan fingerprint density at radius 1 is 1.43 bits per heavy atom. The van der Waals surface area contributed by atoms with Crippen LogP contribution in [0.15, 0.2) is 23.2 Å². The van der Waals surface area contributed by atoms with Gasteiger partial charge >= 0.3 is 7.25 Å². The van der Waals surface area contributed by atoms with E-state index in [2.05, 4.69) is 22.0 Å². The van der Waals surface area contributed by atoms with Gasteiger partial charge in [-0.15, -0.1) is 0 Å². The van der Waals surface area contributed by atoms with E-state index in [0.717, 1.165) is 38.2 Å². The van der Waals surface area contributed by atoms with Crippen molar-refractivity contribution in [2.75, 3.05) is 26.7 Å². The van der Waals surface area contributed by atoms with Crippen LogP contribution in [0.4, 0.5) is 0 Å². The monoisotopic (exact) mass is 315 g/mol. The van der Waals surface area contributed by atoms with E-state index < -0.39 is 7.25 Å². The van der Waals surface area contributed by atoms with Gasteiger partial charge in [0, 0.05) is 26.6 Å². The molecule has 2 aliphatic heterocycles. The van der Waals surface area contributed by atoms with Crippen molar-refractivity contribution in [1.82, 2.24) is 10.1 Å². The van der Waals surface area contributed by atoms with Crippen LogP contribution in [0.25, 0.3) is 0 Å². The molecule has 1 aromatic carbocycles. The molecule has 0 aromatic heterocycles. The molecule has 2 heterocycles. The molecule has 6 nitrogen and oxygen atoms in total. The molecule has 1 amide bonds. The van der Waals surface area contributed by atoms with Crippen LogP contribution in [0.3, 0.4) is 0 Å². The first-order chi connectivity index (χ1) is 11.2. The van der Waals surface area contributed by atoms with Gasteiger partial charge in [-0.1, -0.05) is 19.4 Å². The second-order valence-corrected chi connectivity index (χ2v) is 5.84. The lowest BCUT2D eigenvalue weighted by atomic mass is 9.98. The predicted octanol–water partition coefficient (Wildman–Crippen LogP) is 1.50. The van der Waals surface area contributed by atoms with Gasteiger partial charge in [0.15, 0.2) is 0 Å². The van der Waals surface area contributed by atoms with E-state index >= 15 is 0 Å². The smallest absolute Gasteiger partial charge is 0.517 e. The van der Waals surface area contributed by atoms with Crippen LogP contribution in [-0.2, 0) is 11.1 Å². The summed E-state index contributed by atoms with van der Waals surface area (Å²) in [6.45, 7) is 4.38. The molecule has 1 N–H and O–H groups in total. The van der Waals surface area contributed by atoms with Gasteiger partial charge in [-0.05, 0) is 24.1 Å². The number of aryl methyl sites for hydroxylation is 1. The van der Waals surface area contributed by atoms with E-state index in [1.165, 1.54) is 5.56 Å². The Morgan fingerprint density at radius 2 is 2.30 bits per heavy atom. The molecule has 0 aliphatic carbocycles. The Bertz CT molecular complexity index is 621. The summed E-state index contributed by atoms with van der Waals surface area (Å²) in [7, 11) is 1.29. The normalized spacial score (nSPS) is 16.8. The standard InChI is InChI=1S/C16H22BN3O3/c1-3-4-12-5-6-13-14(11-12)23-17(19-16(13)21)22-10-7-15-18-8-9-20(15)2/h5-6,11H,3-4,7-10H2,1-2H3,(H,19,21). The van der Waals surface area contributed by atoms with Gasteiger partial charge in [0.1, 0.15) is 11.6 Å². The number of aliphatic imine (C=N–C) groups is 1. The highest BCUT2D eigenvalue weighted by Gasteiger charge is 2.33. The molecule has 7 heteroatoms. The number of benzene rings is 1. The molecule has 0 atom stereocenters. The minimum atomic E-state index is -0.737. The first-order valence-electron chi connectivity index (χ1n) is 8.14. The van der Waals surface area contributed by atoms with Crippen molar-refractivity contribution >= 4 is 19.0 Å². The fourth-order valence-electron chi connectivity index (χ4n) is 2.81. The Morgan fingerprint density at radius 3 is 3.04 bits per heavy atom. The van der Waals surface area contributed by atoms with Crippen molar-refractivity contribution in [3.63, 3.8) is 0 Å². The van der Waals surface area contributed by atoms with E-state index in [1.54, 1.807) is 0 Å². The number of carbonyl (C=O) groups is 1. The quantitative estimate of drug-likeness (QED) is 0.808. The first-order valence-corrected chi connectivity index (χ1v) is 8.14. The SMILES string of the molecule is CCCc1ccc2c(c1)OB(OCCC1=NCCN1C)NC2=O. The topological polar surface area (TPSA) is 63.2 Å². The number of rotatable bonds is 6. The highest BCUT2D eigenvalue weighted by molar-refractivity contribution is 6.48. The maximum Gasteiger partial charge on any atom is 0.665 e. The molecule has 3 rings (SSSR count). The molecular weight excluding hydrogens is 293 g/mol. The molecular formula is C16H22BN3O3. The van der Waals surface area contributed by atoms with Crippen LogP contribution in [0, 0.1) is 0 Å². The van der Waals surface area contributed by atoms with Crippen molar-refractivity contribution in [2.24, 2.45) is 4.99 Å². The van der Waals surface area contributed by atoms with Crippen LogP contribution in [0.2, 0.25) is 0 Å². The highest BCUT2D eigenvalue weighted by atomic mass is 16.6. The molecule has 0 spiro atoms. The maximum atomic E-state index is 12.1. The van der Waals surface area contributed by atoms with Gasteiger partial charge in [0.05, 0.1) is 12.1 Å². The summed E-state index contributed by atoms with van der Waals surface area (Å²) >= 11 is 0. The number of nitrogens with one attached hydrogen (secondary N) is 1. The average Bonchev–Trinajstić information content (AvgIpc) is 2.93. The molecule has 0 saturated heterocycles. The lowest BCUT2D eigenvalue weighted by Gasteiger charge is -2.24. The van der Waals surface area contributed by atoms with Gasteiger partial charge in [-0.3, -0.25) is 9.79 Å². The third-order valence-electron chi connectivity index (χ3n) is 4.08. The molecule has 1 aromatic rings. The minimum Gasteiger partial charge on any atom is -0.517 e. The number of amides is 1. The first kappa shape index (κ1) is 15.9. The third-order valence-corrected chi connectivity index (χ3v) is 4.08. The van der Waals surface area contributed by atoms with Gasteiger partial charge in [0.2, 0.25) is 5.91 Å². The third kappa shape index (κ3) is 3.67. The van der Waals surface area contributed by atoms with E-state index in [9.17, 15) is 4.79 Å². The number of nitrogens with zero attached hydrogens (tertiary/aromatic N) is 2. The lowest BCUT2D eigenvalue weighted by Crippen LogP contribution is -2.50. The van der Waals surface area contributed by atoms with E-state index in [-0.39, 0.29) is 5.91 Å². The zero-order chi connectivity index (χ0) is 16.2. The summed E-state index contributed by atoms with van der Waals surface area (Å²) in [5.41, 5.74) is 1.73. The van der Waals surface area contributed by atoms with Gasteiger partial charge in [-0.2, -0.15) is 0 Å². The second-order valence-electron chi connectivity index (χ2n) is 5.84. The number of hydrogen-bond donors (Lipinski definition) is 1. The molecule has 2 aliphatic rings. The largest absolute Gasteiger partial charge is 0.665 e. The molecule has 0 fully saturated rings. The van der Waals surface area contributed by atoms with Gasteiger partial charge in [0.25, 0.3) is 0 Å². The van der Waals surface area contributed by atoms with E-state index in [4.69, 9.17) is 9.31 Å². The van der Waals surface area contributed by atoms with Crippen LogP contribution in [0.5, 0.6) is 5.75 Å². The van der Waals surface area contributed by atoms with Crippen molar-refractivity contribution in [1.29, 1.82) is 0 Å². The summed E-state index contributed by atoms with van der Waals surface area (Å²) in [6, 6.07) is 5.72. The minimum absolute atomic E-state index is 0.158. The van der Waals surface area contributed by atoms with Gasteiger partial charge < -0.3 is 19.4 Å². The van der Waals surface area contributed by atoms with Crippen molar-refractivity contribution < 1.29 is 14.1 Å². The van der Waals surface area contributed by atoms with Crippen molar-refractivity contribution in [3.05, 3.63) is 29.3 Å². The van der Waals surface area contributed by atoms with Crippen molar-refractivity contribution in [3.8, 4) is 5.75 Å². The summed E-state index contributed by atoms with van der Waals surface area (Å²) in [6.07, 6.45) is 2.74. The number of hydrogen-bond acceptors (Lipinski definition) is 5. The lowest BCUT2D eigenvalue weighted by molar-refractivity contribution is 0.0946. The fourth-order valence-corrected chi connectivity index (χ4v) is 2.81. The molecule has 122 valence electrons. The highest BCUT2D eigenvalue weighted by Crippen LogP contribution is 2.24. The number of likely N-dealkylation sites (N-methyl/N-ethyl adjacent to an activating group) is 1. The average molecular weight is 315 g/mol. The molecule has 0 unspecified atom stereocenters. The van der Waals surface area contributed by atoms with Crippen LogP contribution < -0.4 is 9.88 Å². The molecule has 0 radical (unpaired) electrons.